The van der Waals surface area contributed by atoms with Crippen LogP contribution in [0.1, 0.15) is 29.7 Å². The highest BCUT2D eigenvalue weighted by Crippen LogP contribution is 2.43. The molecule has 1 saturated carbocycles. The van der Waals surface area contributed by atoms with E-state index in [1.807, 2.05) is 12.1 Å². The van der Waals surface area contributed by atoms with Crippen LogP contribution in [-0.2, 0) is 0 Å². The monoisotopic (exact) mass is 292 g/mol. The number of rotatable bonds is 3. The number of benzene rings is 1. The number of hydrogen-bond acceptors (Lipinski definition) is 0. The molecule has 3 heteroatoms. The van der Waals surface area contributed by atoms with Crippen LogP contribution in [0.15, 0.2) is 18.2 Å². The van der Waals surface area contributed by atoms with Crippen molar-refractivity contribution in [2.24, 2.45) is 5.92 Å². The maximum Gasteiger partial charge on any atom is 0.0464 e. The summed E-state index contributed by atoms with van der Waals surface area (Å²) in [4.78, 5) is 0.375. The molecule has 0 radical (unpaired) electrons. The maximum atomic E-state index is 6.11. The third kappa shape index (κ3) is 2.65. The average Bonchev–Trinajstić information content (AvgIpc) is 2.87. The van der Waals surface area contributed by atoms with Crippen LogP contribution in [0, 0.1) is 5.92 Å². The molecule has 0 amide bonds. The summed E-state index contributed by atoms with van der Waals surface area (Å²) in [5.74, 6) is 0.895. The van der Waals surface area contributed by atoms with Gasteiger partial charge in [0.05, 0.1) is 0 Å². The molecule has 0 aromatic heterocycles. The molecule has 0 nitrogen and oxygen atoms in total. The van der Waals surface area contributed by atoms with E-state index >= 15 is 0 Å². The molecule has 0 bridgehead atoms. The first-order valence-electron chi connectivity index (χ1n) is 4.76. The third-order valence-corrected chi connectivity index (χ3v) is 3.97. The van der Waals surface area contributed by atoms with Crippen molar-refractivity contribution in [2.75, 3.05) is 0 Å². The standard InChI is InChI=1S/C11H11BrCl2/c12-10(5-7-1-2-7)9-4-3-8(13)6-11(9)14/h3-4,6-7,10H,1-2,5H2. The Bertz CT molecular complexity index is 334. The molecular formula is C11H11BrCl2. The highest BCUT2D eigenvalue weighted by atomic mass is 79.9. The van der Waals surface area contributed by atoms with Crippen LogP contribution in [0.4, 0.5) is 0 Å². The predicted molar refractivity (Wildman–Crippen MR) is 65.5 cm³/mol. The van der Waals surface area contributed by atoms with E-state index in [1.165, 1.54) is 19.3 Å². The maximum absolute atomic E-state index is 6.11. The Balaban J connectivity index is 2.13. The minimum absolute atomic E-state index is 0.375. The van der Waals surface area contributed by atoms with Gasteiger partial charge in [0.25, 0.3) is 0 Å². The second kappa shape index (κ2) is 4.42. The van der Waals surface area contributed by atoms with E-state index < -0.39 is 0 Å². The third-order valence-electron chi connectivity index (χ3n) is 2.54. The van der Waals surface area contributed by atoms with Crippen molar-refractivity contribution in [1.82, 2.24) is 0 Å². The van der Waals surface area contributed by atoms with Crippen molar-refractivity contribution in [3.63, 3.8) is 0 Å². The zero-order valence-corrected chi connectivity index (χ0v) is 10.7. The van der Waals surface area contributed by atoms with Gasteiger partial charge in [0, 0.05) is 14.9 Å². The van der Waals surface area contributed by atoms with Gasteiger partial charge in [-0.1, -0.05) is 58.0 Å². The molecule has 1 aromatic rings. The summed E-state index contributed by atoms with van der Waals surface area (Å²) in [5.41, 5.74) is 1.16. The molecule has 1 atom stereocenters. The van der Waals surface area contributed by atoms with Crippen molar-refractivity contribution in [1.29, 1.82) is 0 Å². The van der Waals surface area contributed by atoms with Crippen LogP contribution in [0.3, 0.4) is 0 Å². The Morgan fingerprint density at radius 2 is 2.07 bits per heavy atom. The Hall–Kier alpha value is 0.280. The highest BCUT2D eigenvalue weighted by molar-refractivity contribution is 9.09. The van der Waals surface area contributed by atoms with E-state index in [9.17, 15) is 0 Å². The molecular weight excluding hydrogens is 283 g/mol. The smallest absolute Gasteiger partial charge is 0.0464 e. The van der Waals surface area contributed by atoms with Crippen molar-refractivity contribution < 1.29 is 0 Å². The zero-order chi connectivity index (χ0) is 10.1. The van der Waals surface area contributed by atoms with Gasteiger partial charge in [0.2, 0.25) is 0 Å². The van der Waals surface area contributed by atoms with E-state index in [-0.39, 0.29) is 0 Å². The summed E-state index contributed by atoms with van der Waals surface area (Å²) in [6.07, 6.45) is 3.92. The topological polar surface area (TPSA) is 0 Å². The van der Waals surface area contributed by atoms with Crippen LogP contribution < -0.4 is 0 Å². The molecule has 1 aliphatic carbocycles. The first-order chi connectivity index (χ1) is 6.66. The van der Waals surface area contributed by atoms with Crippen LogP contribution in [0.5, 0.6) is 0 Å². The Morgan fingerprint density at radius 1 is 1.36 bits per heavy atom. The van der Waals surface area contributed by atoms with E-state index in [0.29, 0.717) is 9.85 Å². The van der Waals surface area contributed by atoms with Gasteiger partial charge in [-0.15, -0.1) is 0 Å². The minimum atomic E-state index is 0.375. The molecule has 76 valence electrons. The fraction of sp³-hybridized carbons (Fsp3) is 0.455. The summed E-state index contributed by atoms with van der Waals surface area (Å²) in [7, 11) is 0. The lowest BCUT2D eigenvalue weighted by Gasteiger charge is -2.11. The minimum Gasteiger partial charge on any atom is -0.0843 e. The van der Waals surface area contributed by atoms with Crippen molar-refractivity contribution in [3.05, 3.63) is 33.8 Å². The van der Waals surface area contributed by atoms with Gasteiger partial charge in [0.1, 0.15) is 0 Å². The van der Waals surface area contributed by atoms with Gasteiger partial charge in [0.15, 0.2) is 0 Å². The van der Waals surface area contributed by atoms with Crippen molar-refractivity contribution >= 4 is 39.1 Å². The van der Waals surface area contributed by atoms with E-state index in [0.717, 1.165) is 16.5 Å². The molecule has 1 fully saturated rings. The summed E-state index contributed by atoms with van der Waals surface area (Å²) in [6.45, 7) is 0. The Labute approximate surface area is 103 Å². The lowest BCUT2D eigenvalue weighted by molar-refractivity contribution is 0.721. The largest absolute Gasteiger partial charge is 0.0843 e. The van der Waals surface area contributed by atoms with Gasteiger partial charge in [-0.05, 0) is 30.0 Å². The lowest BCUT2D eigenvalue weighted by atomic mass is 10.1. The Kier molecular flexibility index (Phi) is 3.41. The molecule has 14 heavy (non-hydrogen) atoms. The molecule has 1 aliphatic rings. The van der Waals surface area contributed by atoms with E-state index in [1.54, 1.807) is 6.07 Å². The molecule has 1 unspecified atom stereocenters. The fourth-order valence-corrected chi connectivity index (χ4v) is 3.13. The second-order valence-electron chi connectivity index (χ2n) is 3.81. The Morgan fingerprint density at radius 3 is 2.64 bits per heavy atom. The van der Waals surface area contributed by atoms with E-state index in [4.69, 9.17) is 23.2 Å². The van der Waals surface area contributed by atoms with Gasteiger partial charge < -0.3 is 0 Å². The van der Waals surface area contributed by atoms with Gasteiger partial charge >= 0.3 is 0 Å². The molecule has 2 rings (SSSR count). The number of halogens is 3. The molecule has 0 heterocycles. The van der Waals surface area contributed by atoms with Crippen LogP contribution in [0.2, 0.25) is 10.0 Å². The van der Waals surface area contributed by atoms with Crippen molar-refractivity contribution in [2.45, 2.75) is 24.1 Å². The summed E-state index contributed by atoms with van der Waals surface area (Å²) in [5, 5.41) is 1.46. The van der Waals surface area contributed by atoms with Gasteiger partial charge in [-0.3, -0.25) is 0 Å². The zero-order valence-electron chi connectivity index (χ0n) is 7.64. The molecule has 0 saturated heterocycles. The SMILES string of the molecule is Clc1ccc(C(Br)CC2CC2)c(Cl)c1. The van der Waals surface area contributed by atoms with Crippen LogP contribution in [-0.4, -0.2) is 0 Å². The number of alkyl halides is 1. The molecule has 0 spiro atoms. The predicted octanol–water partition coefficient (Wildman–Crippen LogP) is 5.23. The molecule has 1 aromatic carbocycles. The van der Waals surface area contributed by atoms with Crippen LogP contribution in [0.25, 0.3) is 0 Å². The quantitative estimate of drug-likeness (QED) is 0.670. The van der Waals surface area contributed by atoms with Crippen LogP contribution >= 0.6 is 39.1 Å². The summed E-state index contributed by atoms with van der Waals surface area (Å²) in [6, 6.07) is 5.70. The number of hydrogen-bond donors (Lipinski definition) is 0. The van der Waals surface area contributed by atoms with E-state index in [2.05, 4.69) is 15.9 Å². The summed E-state index contributed by atoms with van der Waals surface area (Å²) < 4.78 is 0. The first-order valence-corrected chi connectivity index (χ1v) is 6.43. The average molecular weight is 294 g/mol. The first kappa shape index (κ1) is 10.8. The summed E-state index contributed by atoms with van der Waals surface area (Å²) >= 11 is 15.6. The second-order valence-corrected chi connectivity index (χ2v) is 5.76. The molecule has 0 N–H and O–H groups in total. The van der Waals surface area contributed by atoms with Gasteiger partial charge in [-0.25, -0.2) is 0 Å². The fourth-order valence-electron chi connectivity index (χ4n) is 1.53. The highest BCUT2D eigenvalue weighted by Gasteiger charge is 2.25. The van der Waals surface area contributed by atoms with Crippen molar-refractivity contribution in [3.8, 4) is 0 Å². The molecule has 0 aliphatic heterocycles. The van der Waals surface area contributed by atoms with Gasteiger partial charge in [-0.2, -0.15) is 0 Å². The lowest BCUT2D eigenvalue weighted by Crippen LogP contribution is -1.92. The normalized spacial score (nSPS) is 18.2.